The number of nitrogens with one attached hydrogen (secondary N) is 2. The zero-order valence-electron chi connectivity index (χ0n) is 23.0. The van der Waals surface area contributed by atoms with E-state index < -0.39 is 13.0 Å². The number of alkyl halides is 2. The van der Waals surface area contributed by atoms with Crippen LogP contribution < -0.4 is 15.5 Å². The third-order valence-corrected chi connectivity index (χ3v) is 7.15. The number of hydrogen-bond acceptors (Lipinski definition) is 6. The van der Waals surface area contributed by atoms with Gasteiger partial charge in [0, 0.05) is 50.0 Å². The number of carbonyl (C=O) groups excluding carboxylic acids is 2. The molecule has 210 valence electrons. The van der Waals surface area contributed by atoms with Crippen LogP contribution in [0.3, 0.4) is 0 Å². The Morgan fingerprint density at radius 1 is 1.05 bits per heavy atom. The number of carbonyl (C=O) groups is 2. The number of halogens is 2. The molecule has 2 N–H and O–H groups in total. The lowest BCUT2D eigenvalue weighted by atomic mass is 10.1. The predicted molar refractivity (Wildman–Crippen MR) is 147 cm³/mol. The van der Waals surface area contributed by atoms with Gasteiger partial charge in [0.05, 0.1) is 18.6 Å². The molecule has 0 atom stereocenters. The highest BCUT2D eigenvalue weighted by Crippen LogP contribution is 2.29. The Hall–Kier alpha value is -3.41. The van der Waals surface area contributed by atoms with Crippen LogP contribution in [0.4, 0.5) is 14.5 Å². The van der Waals surface area contributed by atoms with E-state index in [2.05, 4.69) is 27.9 Å². The number of fused-ring (bicyclic) bond motifs is 2. The van der Waals surface area contributed by atoms with Gasteiger partial charge < -0.3 is 10.2 Å². The number of likely N-dealkylation sites (N-methyl/N-ethyl adjacent to an activating group) is 2. The molecular weight excluding hydrogens is 504 g/mol. The average molecular weight is 542 g/mol. The van der Waals surface area contributed by atoms with Gasteiger partial charge in [-0.2, -0.15) is 5.10 Å². The highest BCUT2D eigenvalue weighted by molar-refractivity contribution is 5.98. The van der Waals surface area contributed by atoms with Crippen LogP contribution in [0, 0.1) is 13.8 Å². The molecule has 0 aliphatic carbocycles. The van der Waals surface area contributed by atoms with Crippen LogP contribution in [0.1, 0.15) is 29.3 Å². The molecule has 11 heteroatoms. The molecule has 0 unspecified atom stereocenters. The molecule has 1 aliphatic heterocycles. The summed E-state index contributed by atoms with van der Waals surface area (Å²) in [5.74, 6) is -0.324. The number of hydrogen-bond donors (Lipinski definition) is 2. The van der Waals surface area contributed by atoms with E-state index in [0.717, 1.165) is 17.5 Å². The lowest BCUT2D eigenvalue weighted by Gasteiger charge is -2.28. The van der Waals surface area contributed by atoms with Crippen LogP contribution in [0.2, 0.25) is 0 Å². The zero-order chi connectivity index (χ0) is 28.1. The van der Waals surface area contributed by atoms with Gasteiger partial charge in [-0.1, -0.05) is 31.2 Å². The smallest absolute Gasteiger partial charge is 0.257 e. The highest BCUT2D eigenvalue weighted by Gasteiger charge is 2.25. The van der Waals surface area contributed by atoms with Gasteiger partial charge in [-0.05, 0) is 49.2 Å². The van der Waals surface area contributed by atoms with Gasteiger partial charge in [0.1, 0.15) is 6.54 Å². The van der Waals surface area contributed by atoms with Crippen molar-refractivity contribution in [2.45, 2.75) is 46.8 Å². The second-order valence-electron chi connectivity index (χ2n) is 9.83. The summed E-state index contributed by atoms with van der Waals surface area (Å²) in [7, 11) is 1.74. The van der Waals surface area contributed by atoms with Crippen LogP contribution in [-0.2, 0) is 29.2 Å². The monoisotopic (exact) mass is 541 g/mol. The summed E-state index contributed by atoms with van der Waals surface area (Å²) in [5.41, 5.74) is 5.15. The van der Waals surface area contributed by atoms with E-state index in [0.29, 0.717) is 43.1 Å². The molecule has 0 saturated carbocycles. The number of rotatable bonds is 12. The number of amides is 2. The summed E-state index contributed by atoms with van der Waals surface area (Å²) >= 11 is 0. The third-order valence-electron chi connectivity index (χ3n) is 7.15. The van der Waals surface area contributed by atoms with E-state index >= 15 is 0 Å². The highest BCUT2D eigenvalue weighted by atomic mass is 19.3. The summed E-state index contributed by atoms with van der Waals surface area (Å²) in [5, 5.41) is 15.0. The van der Waals surface area contributed by atoms with Crippen molar-refractivity contribution >= 4 is 28.4 Å². The van der Waals surface area contributed by atoms with Gasteiger partial charge in [-0.3, -0.25) is 24.6 Å². The minimum absolute atomic E-state index is 0.0192. The van der Waals surface area contributed by atoms with Crippen molar-refractivity contribution < 1.29 is 18.4 Å². The summed E-state index contributed by atoms with van der Waals surface area (Å²) in [6, 6.07) is 11.8. The standard InChI is InChI=1S/C28H37F2N7O2/c1-5-31-10-11-36(25-13-24-23(12-19(25)2)20(3)37(33-24)18-26(29)30)28(39)15-32-14-27(38)34(4)35-16-21-8-6-7-9-22(21)17-35/h6-9,12-13,26,31-32H,5,10-11,14-18H2,1-4H3. The van der Waals surface area contributed by atoms with Crippen LogP contribution in [-0.4, -0.2) is 77.8 Å². The van der Waals surface area contributed by atoms with Crippen molar-refractivity contribution in [3.63, 3.8) is 0 Å². The molecule has 0 saturated heterocycles. The molecule has 0 bridgehead atoms. The van der Waals surface area contributed by atoms with Crippen molar-refractivity contribution in [1.82, 2.24) is 30.4 Å². The van der Waals surface area contributed by atoms with Crippen LogP contribution in [0.5, 0.6) is 0 Å². The lowest BCUT2D eigenvalue weighted by molar-refractivity contribution is -0.145. The first-order valence-electron chi connectivity index (χ1n) is 13.3. The number of benzene rings is 2. The first-order chi connectivity index (χ1) is 18.7. The Kier molecular flexibility index (Phi) is 9.26. The molecular formula is C28H37F2N7O2. The van der Waals surface area contributed by atoms with E-state index in [-0.39, 0.29) is 24.9 Å². The summed E-state index contributed by atoms with van der Waals surface area (Å²) < 4.78 is 27.3. The summed E-state index contributed by atoms with van der Waals surface area (Å²) in [4.78, 5) is 27.9. The molecule has 0 spiro atoms. The van der Waals surface area contributed by atoms with Crippen LogP contribution in [0.25, 0.3) is 10.9 Å². The predicted octanol–water partition coefficient (Wildman–Crippen LogP) is 2.84. The molecule has 3 aromatic rings. The van der Waals surface area contributed by atoms with E-state index in [1.54, 1.807) is 29.9 Å². The van der Waals surface area contributed by atoms with Gasteiger partial charge >= 0.3 is 0 Å². The quantitative estimate of drug-likeness (QED) is 0.343. The number of aryl methyl sites for hydroxylation is 2. The normalized spacial score (nSPS) is 13.3. The molecule has 39 heavy (non-hydrogen) atoms. The zero-order valence-corrected chi connectivity index (χ0v) is 23.0. The molecule has 2 heterocycles. The first-order valence-corrected chi connectivity index (χ1v) is 13.3. The molecule has 4 rings (SSSR count). The minimum Gasteiger partial charge on any atom is -0.315 e. The Bertz CT molecular complexity index is 1300. The summed E-state index contributed by atoms with van der Waals surface area (Å²) in [6.45, 7) is 8.26. The van der Waals surface area contributed by atoms with Crippen molar-refractivity contribution in [2.75, 3.05) is 44.7 Å². The lowest BCUT2D eigenvalue weighted by Crippen LogP contribution is -2.47. The van der Waals surface area contributed by atoms with Gasteiger partial charge in [-0.25, -0.2) is 13.8 Å². The van der Waals surface area contributed by atoms with Crippen molar-refractivity contribution in [1.29, 1.82) is 0 Å². The maximum atomic E-state index is 13.4. The Morgan fingerprint density at radius 3 is 2.36 bits per heavy atom. The fraction of sp³-hybridized carbons (Fsp3) is 0.464. The molecule has 9 nitrogen and oxygen atoms in total. The second kappa shape index (κ2) is 12.6. The van der Waals surface area contributed by atoms with E-state index in [9.17, 15) is 18.4 Å². The van der Waals surface area contributed by atoms with Crippen molar-refractivity contribution in [2.24, 2.45) is 0 Å². The largest absolute Gasteiger partial charge is 0.315 e. The first kappa shape index (κ1) is 28.6. The molecule has 2 aromatic carbocycles. The second-order valence-corrected chi connectivity index (χ2v) is 9.83. The maximum absolute atomic E-state index is 13.4. The maximum Gasteiger partial charge on any atom is 0.257 e. The fourth-order valence-electron chi connectivity index (χ4n) is 4.92. The van der Waals surface area contributed by atoms with Crippen molar-refractivity contribution in [3.8, 4) is 0 Å². The Morgan fingerprint density at radius 2 is 1.72 bits per heavy atom. The number of hydrazine groups is 1. The molecule has 0 fully saturated rings. The van der Waals surface area contributed by atoms with Gasteiger partial charge in [0.15, 0.2) is 0 Å². The minimum atomic E-state index is -2.51. The van der Waals surface area contributed by atoms with Gasteiger partial charge in [-0.15, -0.1) is 0 Å². The SMILES string of the molecule is CCNCCN(C(=O)CNCC(=O)N(C)N1Cc2ccccc2C1)c1cc2nn(CC(F)F)c(C)c2cc1C. The fourth-order valence-corrected chi connectivity index (χ4v) is 4.92. The third kappa shape index (κ3) is 6.60. The van der Waals surface area contributed by atoms with Crippen molar-refractivity contribution in [3.05, 3.63) is 58.8 Å². The molecule has 1 aliphatic rings. The number of anilines is 1. The number of nitrogens with zero attached hydrogens (tertiary/aromatic N) is 5. The van der Waals surface area contributed by atoms with E-state index in [1.807, 2.05) is 37.1 Å². The van der Waals surface area contributed by atoms with Crippen LogP contribution >= 0.6 is 0 Å². The van der Waals surface area contributed by atoms with Crippen LogP contribution in [0.15, 0.2) is 36.4 Å². The molecule has 1 aromatic heterocycles. The van der Waals surface area contributed by atoms with E-state index in [1.165, 1.54) is 15.8 Å². The van der Waals surface area contributed by atoms with Gasteiger partial charge in [0.2, 0.25) is 5.91 Å². The van der Waals surface area contributed by atoms with E-state index in [4.69, 9.17) is 0 Å². The topological polar surface area (TPSA) is 85.7 Å². The average Bonchev–Trinajstić information content (AvgIpc) is 3.46. The summed E-state index contributed by atoms with van der Waals surface area (Å²) in [6.07, 6.45) is -2.51. The Balaban J connectivity index is 1.42. The molecule has 2 amide bonds. The Labute approximate surface area is 227 Å². The molecule has 0 radical (unpaired) electrons. The van der Waals surface area contributed by atoms with Gasteiger partial charge in [0.25, 0.3) is 12.3 Å². The number of aromatic nitrogens is 2.